The van der Waals surface area contributed by atoms with Crippen molar-refractivity contribution >= 4 is 12.2 Å². The smallest absolute Gasteiger partial charge is 0.0184 e. The van der Waals surface area contributed by atoms with E-state index < -0.39 is 0 Å². The standard InChI is InChI=1S/C8H6.C6H10/c1-2-4-8-6-5-7(8)3-1;1-3-5-6-4-2/h1-6H;3,5-6H,1,4H2,2H3/b;6-5+. The van der Waals surface area contributed by atoms with E-state index in [-0.39, 0.29) is 0 Å². The Kier molecular flexibility index (Phi) is 4.49. The Labute approximate surface area is 86.3 Å². The second kappa shape index (κ2) is 5.98. The number of hydrogen-bond acceptors (Lipinski definition) is 0. The van der Waals surface area contributed by atoms with E-state index in [1.807, 2.05) is 6.08 Å². The van der Waals surface area contributed by atoms with Crippen LogP contribution in [-0.2, 0) is 0 Å². The lowest BCUT2D eigenvalue weighted by atomic mass is 9.99. The van der Waals surface area contributed by atoms with E-state index in [0.29, 0.717) is 0 Å². The Bertz CT molecular complexity index is 318. The van der Waals surface area contributed by atoms with Crippen molar-refractivity contribution in [1.29, 1.82) is 0 Å². The molecule has 0 unspecified atom stereocenters. The van der Waals surface area contributed by atoms with E-state index in [1.165, 1.54) is 11.1 Å². The van der Waals surface area contributed by atoms with Gasteiger partial charge in [0.25, 0.3) is 0 Å². The number of fused-ring (bicyclic) bond motifs is 1. The van der Waals surface area contributed by atoms with Crippen LogP contribution in [0.5, 0.6) is 0 Å². The molecule has 0 aliphatic heterocycles. The molecule has 0 fully saturated rings. The Morgan fingerprint density at radius 1 is 1.14 bits per heavy atom. The summed E-state index contributed by atoms with van der Waals surface area (Å²) in [6.45, 7) is 5.61. The first kappa shape index (κ1) is 10.5. The molecule has 1 aliphatic rings. The van der Waals surface area contributed by atoms with E-state index in [1.54, 1.807) is 6.08 Å². The van der Waals surface area contributed by atoms with Gasteiger partial charge in [-0.25, -0.2) is 0 Å². The Morgan fingerprint density at radius 2 is 1.71 bits per heavy atom. The van der Waals surface area contributed by atoms with Gasteiger partial charge in [0.2, 0.25) is 0 Å². The zero-order chi connectivity index (χ0) is 10.2. The lowest BCUT2D eigenvalue weighted by molar-refractivity contribution is 1.22. The fourth-order valence-electron chi connectivity index (χ4n) is 1.13. The predicted molar refractivity (Wildman–Crippen MR) is 65.0 cm³/mol. The first-order valence-electron chi connectivity index (χ1n) is 4.93. The molecule has 0 heteroatoms. The molecule has 0 atom stereocenters. The zero-order valence-electron chi connectivity index (χ0n) is 8.61. The fraction of sp³-hybridized carbons (Fsp3) is 0.143. The summed E-state index contributed by atoms with van der Waals surface area (Å²) in [6, 6.07) is 8.36. The van der Waals surface area contributed by atoms with E-state index in [2.05, 4.69) is 56.0 Å². The van der Waals surface area contributed by atoms with Crippen molar-refractivity contribution in [3.8, 4) is 0 Å². The highest BCUT2D eigenvalue weighted by Crippen LogP contribution is 2.21. The first-order valence-corrected chi connectivity index (χ1v) is 4.93. The molecule has 0 spiro atoms. The molecule has 0 aromatic heterocycles. The van der Waals surface area contributed by atoms with Gasteiger partial charge in [-0.05, 0) is 17.5 Å². The summed E-state index contributed by atoms with van der Waals surface area (Å²) in [7, 11) is 0. The van der Waals surface area contributed by atoms with Gasteiger partial charge in [0.15, 0.2) is 0 Å². The van der Waals surface area contributed by atoms with Crippen molar-refractivity contribution in [1.82, 2.24) is 0 Å². The molecule has 0 saturated heterocycles. The largest absolute Gasteiger partial charge is 0.0991 e. The third-order valence-electron chi connectivity index (χ3n) is 1.95. The Hall–Kier alpha value is -1.56. The van der Waals surface area contributed by atoms with Crippen LogP contribution in [0.1, 0.15) is 24.5 Å². The predicted octanol–water partition coefficient (Wildman–Crippen LogP) is 4.31. The molecular formula is C14H16. The van der Waals surface area contributed by atoms with Gasteiger partial charge in [-0.3, -0.25) is 0 Å². The summed E-state index contributed by atoms with van der Waals surface area (Å²) in [5, 5.41) is 0. The lowest BCUT2D eigenvalue weighted by Crippen LogP contribution is -1.85. The molecule has 0 bridgehead atoms. The molecule has 72 valence electrons. The topological polar surface area (TPSA) is 0 Å². The highest BCUT2D eigenvalue weighted by atomic mass is 14.0. The maximum Gasteiger partial charge on any atom is -0.0184 e. The van der Waals surface area contributed by atoms with E-state index in [4.69, 9.17) is 0 Å². The number of hydrogen-bond donors (Lipinski definition) is 0. The van der Waals surface area contributed by atoms with Crippen LogP contribution in [0.25, 0.3) is 12.2 Å². The zero-order valence-corrected chi connectivity index (χ0v) is 8.61. The molecule has 0 N–H and O–H groups in total. The summed E-state index contributed by atoms with van der Waals surface area (Å²) in [4.78, 5) is 0. The van der Waals surface area contributed by atoms with Gasteiger partial charge in [-0.1, -0.05) is 68.1 Å². The third-order valence-corrected chi connectivity index (χ3v) is 1.95. The van der Waals surface area contributed by atoms with E-state index in [0.717, 1.165) is 6.42 Å². The molecule has 0 radical (unpaired) electrons. The summed E-state index contributed by atoms with van der Waals surface area (Å²) >= 11 is 0. The summed E-state index contributed by atoms with van der Waals surface area (Å²) in [6.07, 6.45) is 11.1. The highest BCUT2D eigenvalue weighted by molar-refractivity contribution is 5.85. The number of allylic oxidation sites excluding steroid dienone is 3. The van der Waals surface area contributed by atoms with Crippen LogP contribution in [0.4, 0.5) is 0 Å². The maximum atomic E-state index is 3.51. The summed E-state index contributed by atoms with van der Waals surface area (Å²) in [5.41, 5.74) is 2.74. The molecule has 0 amide bonds. The second-order valence-electron chi connectivity index (χ2n) is 3.03. The summed E-state index contributed by atoms with van der Waals surface area (Å²) < 4.78 is 0. The molecule has 0 saturated carbocycles. The van der Waals surface area contributed by atoms with Gasteiger partial charge in [-0.2, -0.15) is 0 Å². The molecule has 2 rings (SSSR count). The van der Waals surface area contributed by atoms with Crippen molar-refractivity contribution in [2.45, 2.75) is 13.3 Å². The van der Waals surface area contributed by atoms with Crippen LogP contribution in [0.2, 0.25) is 0 Å². The molecule has 0 nitrogen and oxygen atoms in total. The van der Waals surface area contributed by atoms with Crippen LogP contribution in [0, 0.1) is 0 Å². The molecule has 14 heavy (non-hydrogen) atoms. The Morgan fingerprint density at radius 3 is 1.93 bits per heavy atom. The number of rotatable bonds is 2. The maximum absolute atomic E-state index is 3.51. The van der Waals surface area contributed by atoms with Gasteiger partial charge < -0.3 is 0 Å². The van der Waals surface area contributed by atoms with Crippen molar-refractivity contribution in [3.63, 3.8) is 0 Å². The molecule has 0 heterocycles. The number of benzene rings is 1. The quantitative estimate of drug-likeness (QED) is 0.610. The minimum atomic E-state index is 1.10. The second-order valence-corrected chi connectivity index (χ2v) is 3.03. The van der Waals surface area contributed by atoms with Gasteiger partial charge >= 0.3 is 0 Å². The van der Waals surface area contributed by atoms with Gasteiger partial charge in [-0.15, -0.1) is 0 Å². The molecule has 1 aliphatic carbocycles. The highest BCUT2D eigenvalue weighted by Gasteiger charge is 1.99. The van der Waals surface area contributed by atoms with Crippen LogP contribution in [0.3, 0.4) is 0 Å². The van der Waals surface area contributed by atoms with Crippen LogP contribution in [-0.4, -0.2) is 0 Å². The first-order chi connectivity index (χ1) is 6.88. The van der Waals surface area contributed by atoms with E-state index in [9.17, 15) is 0 Å². The normalized spacial score (nSPS) is 11.2. The monoisotopic (exact) mass is 184 g/mol. The van der Waals surface area contributed by atoms with E-state index >= 15 is 0 Å². The van der Waals surface area contributed by atoms with Crippen molar-refractivity contribution in [2.75, 3.05) is 0 Å². The molecular weight excluding hydrogens is 168 g/mol. The lowest BCUT2D eigenvalue weighted by Gasteiger charge is -2.06. The van der Waals surface area contributed by atoms with Crippen molar-refractivity contribution in [3.05, 3.63) is 60.2 Å². The third kappa shape index (κ3) is 3.06. The van der Waals surface area contributed by atoms with Gasteiger partial charge in [0.1, 0.15) is 0 Å². The van der Waals surface area contributed by atoms with Crippen molar-refractivity contribution < 1.29 is 0 Å². The van der Waals surface area contributed by atoms with Crippen LogP contribution in [0.15, 0.2) is 49.1 Å². The minimum Gasteiger partial charge on any atom is -0.0991 e. The minimum absolute atomic E-state index is 1.10. The average Bonchev–Trinajstić information content (AvgIpc) is 2.18. The SMILES string of the molecule is C1=Cc2ccccc21.C=C/C=C/CC. The fourth-order valence-corrected chi connectivity index (χ4v) is 1.13. The van der Waals surface area contributed by atoms with Crippen molar-refractivity contribution in [2.24, 2.45) is 0 Å². The average molecular weight is 184 g/mol. The Balaban J connectivity index is 0.000000149. The van der Waals surface area contributed by atoms with Crippen LogP contribution >= 0.6 is 0 Å². The molecule has 1 aromatic rings. The summed E-state index contributed by atoms with van der Waals surface area (Å²) in [5.74, 6) is 0. The van der Waals surface area contributed by atoms with Gasteiger partial charge in [0, 0.05) is 0 Å². The van der Waals surface area contributed by atoms with Crippen LogP contribution < -0.4 is 0 Å². The molecule has 1 aromatic carbocycles. The van der Waals surface area contributed by atoms with Gasteiger partial charge in [0.05, 0.1) is 0 Å².